The third-order valence-electron chi connectivity index (χ3n) is 2.29. The smallest absolute Gasteiger partial charge is 0.338 e. The third kappa shape index (κ3) is 6.48. The van der Waals surface area contributed by atoms with Crippen molar-refractivity contribution in [3.8, 4) is 0 Å². The molecule has 106 valence electrons. The van der Waals surface area contributed by atoms with Crippen LogP contribution in [0, 0.1) is 10.1 Å². The molecule has 0 bridgehead atoms. The van der Waals surface area contributed by atoms with Gasteiger partial charge in [-0.05, 0) is 6.07 Å². The van der Waals surface area contributed by atoms with Crippen LogP contribution >= 0.6 is 0 Å². The molecule has 0 saturated heterocycles. The van der Waals surface area contributed by atoms with E-state index >= 15 is 0 Å². The summed E-state index contributed by atoms with van der Waals surface area (Å²) in [5, 5.41) is 10.6. The van der Waals surface area contributed by atoms with E-state index in [-0.39, 0.29) is 41.8 Å². The lowest BCUT2D eigenvalue weighted by Crippen LogP contribution is -3.00. The minimum Gasteiger partial charge on any atom is -1.00 e. The lowest BCUT2D eigenvalue weighted by molar-refractivity contribution is -0.870. The Morgan fingerprint density at radius 3 is 2.53 bits per heavy atom. The summed E-state index contributed by atoms with van der Waals surface area (Å²) in [4.78, 5) is 21.7. The van der Waals surface area contributed by atoms with Gasteiger partial charge in [-0.15, -0.1) is 0 Å². The molecule has 0 unspecified atom stereocenters. The monoisotopic (exact) mass is 380 g/mol. The Hall–Kier alpha value is -1.22. The fourth-order valence-electron chi connectivity index (χ4n) is 1.24. The van der Waals surface area contributed by atoms with E-state index in [2.05, 4.69) is 0 Å². The normalized spacial score (nSPS) is 10.5. The molecule has 0 heterocycles. The van der Waals surface area contributed by atoms with E-state index in [1.54, 1.807) is 0 Å². The summed E-state index contributed by atoms with van der Waals surface area (Å²) in [6.07, 6.45) is 0. The predicted molar refractivity (Wildman–Crippen MR) is 66.3 cm³/mol. The van der Waals surface area contributed by atoms with Gasteiger partial charge in [0.05, 0.1) is 31.6 Å². The molecule has 0 amide bonds. The van der Waals surface area contributed by atoms with Crippen LogP contribution in [-0.4, -0.2) is 49.7 Å². The Bertz CT molecular complexity index is 457. The number of carbonyl (C=O) groups is 1. The largest absolute Gasteiger partial charge is 1.00 e. The maximum Gasteiger partial charge on any atom is 0.338 e. The van der Waals surface area contributed by atoms with E-state index in [4.69, 9.17) is 4.74 Å². The fourth-order valence-corrected chi connectivity index (χ4v) is 1.24. The van der Waals surface area contributed by atoms with Gasteiger partial charge in [-0.2, -0.15) is 0 Å². The van der Waals surface area contributed by atoms with Gasteiger partial charge >= 0.3 is 5.97 Å². The number of carbonyl (C=O) groups excluding carboxylic acids is 1. The lowest BCUT2D eigenvalue weighted by atomic mass is 10.2. The van der Waals surface area contributed by atoms with Crippen molar-refractivity contribution in [1.82, 2.24) is 0 Å². The highest BCUT2D eigenvalue weighted by Crippen LogP contribution is 2.13. The van der Waals surface area contributed by atoms with Crippen molar-refractivity contribution < 1.29 is 42.9 Å². The minimum atomic E-state index is -0.539. The standard InChI is InChI=1S/C12H17N2O4.HI/c1-14(2,3)7-8-18-12(15)10-5-4-6-11(9-10)13(16)17;/h4-6,9H,7-8H2,1-3H3;1H/q+1;/p-1. The van der Waals surface area contributed by atoms with Gasteiger partial charge in [0.25, 0.3) is 5.69 Å². The summed E-state index contributed by atoms with van der Waals surface area (Å²) in [6, 6.07) is 5.52. The van der Waals surface area contributed by atoms with Crippen molar-refractivity contribution >= 4 is 11.7 Å². The molecule has 0 spiro atoms. The van der Waals surface area contributed by atoms with Crippen LogP contribution in [0.15, 0.2) is 24.3 Å². The van der Waals surface area contributed by atoms with Gasteiger partial charge in [-0.3, -0.25) is 10.1 Å². The third-order valence-corrected chi connectivity index (χ3v) is 2.29. The number of rotatable bonds is 5. The molecule has 0 aromatic heterocycles. The van der Waals surface area contributed by atoms with Crippen LogP contribution < -0.4 is 24.0 Å². The van der Waals surface area contributed by atoms with Gasteiger partial charge in [0.15, 0.2) is 0 Å². The molecular formula is C12H17IN2O4. The summed E-state index contributed by atoms with van der Waals surface area (Å²) in [5.41, 5.74) is 0.0849. The van der Waals surface area contributed by atoms with E-state index in [1.807, 2.05) is 21.1 Å². The second-order valence-corrected chi connectivity index (χ2v) is 4.96. The van der Waals surface area contributed by atoms with Crippen LogP contribution in [-0.2, 0) is 4.74 Å². The SMILES string of the molecule is C[N+](C)(C)CCOC(=O)c1cccc([N+](=O)[O-])c1.[I-]. The summed E-state index contributed by atoms with van der Waals surface area (Å²) >= 11 is 0. The first-order valence-corrected chi connectivity index (χ1v) is 5.51. The maximum absolute atomic E-state index is 11.7. The molecule has 0 aliphatic heterocycles. The van der Waals surface area contributed by atoms with Crippen LogP contribution in [0.5, 0.6) is 0 Å². The number of hydrogen-bond acceptors (Lipinski definition) is 4. The molecule has 0 aliphatic carbocycles. The first-order valence-electron chi connectivity index (χ1n) is 5.51. The van der Waals surface area contributed by atoms with Gasteiger partial charge in [0.2, 0.25) is 0 Å². The topological polar surface area (TPSA) is 69.4 Å². The van der Waals surface area contributed by atoms with Crippen LogP contribution in [0.1, 0.15) is 10.4 Å². The number of esters is 1. The Morgan fingerprint density at radius 2 is 2.00 bits per heavy atom. The highest BCUT2D eigenvalue weighted by molar-refractivity contribution is 5.90. The molecule has 7 heteroatoms. The van der Waals surface area contributed by atoms with Crippen LogP contribution in [0.25, 0.3) is 0 Å². The Labute approximate surface area is 129 Å². The zero-order valence-electron chi connectivity index (χ0n) is 11.1. The summed E-state index contributed by atoms with van der Waals surface area (Å²) < 4.78 is 5.74. The van der Waals surface area contributed by atoms with E-state index in [0.717, 1.165) is 0 Å². The first kappa shape index (κ1) is 17.8. The molecule has 1 aromatic rings. The minimum absolute atomic E-state index is 0. The number of nitro groups is 1. The highest BCUT2D eigenvalue weighted by Gasteiger charge is 2.14. The number of hydrogen-bond donors (Lipinski definition) is 0. The lowest BCUT2D eigenvalue weighted by Gasteiger charge is -2.23. The second kappa shape index (κ2) is 7.39. The molecule has 0 fully saturated rings. The van der Waals surface area contributed by atoms with E-state index < -0.39 is 10.9 Å². The molecule has 19 heavy (non-hydrogen) atoms. The summed E-state index contributed by atoms with van der Waals surface area (Å²) in [5.74, 6) is -0.535. The first-order chi connectivity index (χ1) is 8.29. The van der Waals surface area contributed by atoms with Crippen molar-refractivity contribution in [1.29, 1.82) is 0 Å². The van der Waals surface area contributed by atoms with E-state index in [1.165, 1.54) is 24.3 Å². The molecule has 0 atom stereocenters. The van der Waals surface area contributed by atoms with Gasteiger partial charge in [0, 0.05) is 12.1 Å². The van der Waals surface area contributed by atoms with E-state index in [0.29, 0.717) is 11.0 Å². The van der Waals surface area contributed by atoms with Crippen LogP contribution in [0.4, 0.5) is 5.69 Å². The average molecular weight is 380 g/mol. The molecule has 0 radical (unpaired) electrons. The molecule has 1 rings (SSSR count). The number of nitrogens with zero attached hydrogens (tertiary/aromatic N) is 2. The van der Waals surface area contributed by atoms with Crippen molar-refractivity contribution in [2.45, 2.75) is 0 Å². The number of nitro benzene ring substituents is 1. The zero-order chi connectivity index (χ0) is 13.8. The van der Waals surface area contributed by atoms with Crippen molar-refractivity contribution in [3.05, 3.63) is 39.9 Å². The summed E-state index contributed by atoms with van der Waals surface area (Å²) in [7, 11) is 5.96. The fraction of sp³-hybridized carbons (Fsp3) is 0.417. The number of benzene rings is 1. The number of halogens is 1. The molecule has 0 saturated carbocycles. The van der Waals surface area contributed by atoms with E-state index in [9.17, 15) is 14.9 Å². The average Bonchev–Trinajstić information content (AvgIpc) is 2.27. The molecule has 0 N–H and O–H groups in total. The number of quaternary nitrogens is 1. The summed E-state index contributed by atoms with van der Waals surface area (Å²) in [6.45, 7) is 0.964. The molecule has 1 aromatic carbocycles. The van der Waals surface area contributed by atoms with Gasteiger partial charge in [0.1, 0.15) is 13.2 Å². The number of likely N-dealkylation sites (N-methyl/N-ethyl adjacent to an activating group) is 1. The molecular weight excluding hydrogens is 363 g/mol. The number of ether oxygens (including phenoxy) is 1. The van der Waals surface area contributed by atoms with Crippen molar-refractivity contribution in [2.75, 3.05) is 34.3 Å². The maximum atomic E-state index is 11.7. The quantitative estimate of drug-likeness (QED) is 0.204. The Morgan fingerprint density at radius 1 is 1.37 bits per heavy atom. The zero-order valence-corrected chi connectivity index (χ0v) is 13.3. The Kier molecular flexibility index (Phi) is 6.91. The van der Waals surface area contributed by atoms with Gasteiger partial charge in [-0.25, -0.2) is 4.79 Å². The number of non-ortho nitro benzene ring substituents is 1. The van der Waals surface area contributed by atoms with Crippen LogP contribution in [0.2, 0.25) is 0 Å². The van der Waals surface area contributed by atoms with Gasteiger partial charge < -0.3 is 33.2 Å². The highest BCUT2D eigenvalue weighted by atomic mass is 127. The Balaban J connectivity index is 0.00000324. The molecule has 6 nitrogen and oxygen atoms in total. The van der Waals surface area contributed by atoms with Gasteiger partial charge in [-0.1, -0.05) is 6.07 Å². The second-order valence-electron chi connectivity index (χ2n) is 4.96. The van der Waals surface area contributed by atoms with Crippen molar-refractivity contribution in [3.63, 3.8) is 0 Å². The predicted octanol–water partition coefficient (Wildman–Crippen LogP) is -1.54. The molecule has 0 aliphatic rings. The van der Waals surface area contributed by atoms with Crippen LogP contribution in [0.3, 0.4) is 0 Å². The van der Waals surface area contributed by atoms with Crippen molar-refractivity contribution in [2.24, 2.45) is 0 Å².